The first kappa shape index (κ1) is 59.0. The average Bonchev–Trinajstić information content (AvgIpc) is 3.26. The van der Waals surface area contributed by atoms with Gasteiger partial charge in [0.2, 0.25) is 0 Å². The molecule has 0 aliphatic rings. The fourth-order valence-corrected chi connectivity index (χ4v) is 14.8. The second kappa shape index (κ2) is 20.6. The van der Waals surface area contributed by atoms with Crippen LogP contribution in [0.5, 0.6) is 11.5 Å². The Hall–Kier alpha value is -4.22. The lowest BCUT2D eigenvalue weighted by atomic mass is 9.81. The van der Waals surface area contributed by atoms with Gasteiger partial charge in [-0.2, -0.15) is 0 Å². The molecule has 6 rings (SSSR count). The van der Waals surface area contributed by atoms with E-state index in [-0.39, 0.29) is 43.3 Å². The van der Waals surface area contributed by atoms with Crippen LogP contribution in [0.25, 0.3) is 11.1 Å². The normalized spacial score (nSPS) is 13.5. The Balaban J connectivity index is 1.92. The van der Waals surface area contributed by atoms with Crippen molar-refractivity contribution in [1.82, 2.24) is 0 Å². The average molecular weight is 1030 g/mol. The van der Waals surface area contributed by atoms with E-state index in [2.05, 4.69) is 275 Å². The number of benzene rings is 6. The molecule has 6 aromatic rings. The molecule has 0 heterocycles. The quantitative estimate of drug-likeness (QED) is 0.134. The van der Waals surface area contributed by atoms with Crippen LogP contribution in [0.1, 0.15) is 211 Å². The van der Waals surface area contributed by atoms with Crippen LogP contribution in [0.2, 0.25) is 0 Å². The Morgan fingerprint density at radius 1 is 0.257 bits per heavy atom. The van der Waals surface area contributed by atoms with Crippen molar-refractivity contribution in [3.05, 3.63) is 154 Å². The van der Waals surface area contributed by atoms with E-state index >= 15 is 0 Å². The van der Waals surface area contributed by atoms with Gasteiger partial charge in [0.05, 0.1) is 14.2 Å². The molecule has 2 nitrogen and oxygen atoms in total. The fraction of sp³-hybridized carbons (Fsp3) is 0.486. The summed E-state index contributed by atoms with van der Waals surface area (Å²) in [6, 6.07) is 43.8. The molecule has 0 saturated carbocycles. The highest BCUT2D eigenvalue weighted by molar-refractivity contribution is 7.80. The van der Waals surface area contributed by atoms with Gasteiger partial charge in [-0.25, -0.2) is 0 Å². The number of methoxy groups -OCH3 is 2. The number of hydrogen-bond acceptors (Lipinski definition) is 2. The molecule has 0 aliphatic carbocycles. The second-order valence-corrected chi connectivity index (χ2v) is 33.8. The largest absolute Gasteiger partial charge is 0.496 e. The minimum absolute atomic E-state index is 0.0787. The molecule has 0 unspecified atom stereocenters. The van der Waals surface area contributed by atoms with Crippen LogP contribution < -0.4 is 41.3 Å². The summed E-state index contributed by atoms with van der Waals surface area (Å²) >= 11 is 0. The third kappa shape index (κ3) is 13.1. The topological polar surface area (TPSA) is 18.5 Å². The van der Waals surface area contributed by atoms with E-state index in [1.165, 1.54) is 76.3 Å². The van der Waals surface area contributed by atoms with Crippen LogP contribution in [-0.2, 0) is 43.3 Å². The van der Waals surface area contributed by atoms with Crippen LogP contribution in [-0.4, -0.2) is 14.2 Å². The highest BCUT2D eigenvalue weighted by atomic mass is 31.1. The third-order valence-corrected chi connectivity index (χ3v) is 19.6. The third-order valence-electron chi connectivity index (χ3n) is 14.8. The molecule has 74 heavy (non-hydrogen) atoms. The summed E-state index contributed by atoms with van der Waals surface area (Å²) in [6.45, 7) is 56.6. The SMILES string of the molecule is COc1cccc(P(c2cc(C(C)(C)C)cc(C(C)(C)C)c2)c2cc(C(C)(C)C)cc(C(C)(C)C)c2)c1-c1c(OC)cccc1P(c1cc(C(C)(C)C)cc(C(C)(C)C)c1)c1cc(C(C)(C)C)cc(C(C)(C)C)c1. The summed E-state index contributed by atoms with van der Waals surface area (Å²) in [4.78, 5) is 0. The van der Waals surface area contributed by atoms with E-state index in [9.17, 15) is 0 Å². The van der Waals surface area contributed by atoms with Gasteiger partial charge in [0.1, 0.15) is 11.5 Å². The van der Waals surface area contributed by atoms with Crippen molar-refractivity contribution in [3.63, 3.8) is 0 Å². The van der Waals surface area contributed by atoms with Gasteiger partial charge >= 0.3 is 0 Å². The lowest BCUT2D eigenvalue weighted by Gasteiger charge is -2.34. The summed E-state index contributed by atoms with van der Waals surface area (Å²) in [5.41, 5.74) is 12.4. The van der Waals surface area contributed by atoms with Gasteiger partial charge < -0.3 is 9.47 Å². The predicted molar refractivity (Wildman–Crippen MR) is 332 cm³/mol. The molecule has 0 aromatic heterocycles. The van der Waals surface area contributed by atoms with Crippen molar-refractivity contribution >= 4 is 47.7 Å². The van der Waals surface area contributed by atoms with E-state index in [0.717, 1.165) is 22.6 Å². The molecule has 6 aromatic carbocycles. The molecule has 4 heteroatoms. The van der Waals surface area contributed by atoms with Gasteiger partial charge in [-0.1, -0.05) is 263 Å². The maximum absolute atomic E-state index is 6.74. The monoisotopic (exact) mass is 1030 g/mol. The standard InChI is InChI=1S/C70H96O2P2/c1-63(2,3)45-33-46(64(4,5)6)38-53(37-45)73(54-39-47(65(7,8)9)34-48(40-54)66(10,11)12)59-31-27-29-57(71-25)61(59)62-58(72-26)30-28-32-60(62)74(55-41-49(67(13,14)15)35-50(42-55)68(16,17)18)56-43-51(69(19,20)21)36-52(44-56)70(22,23)24/h27-44H,1-26H3. The van der Waals surface area contributed by atoms with E-state index in [4.69, 9.17) is 9.47 Å². The molecule has 0 fully saturated rings. The van der Waals surface area contributed by atoms with E-state index in [1.54, 1.807) is 0 Å². The summed E-state index contributed by atoms with van der Waals surface area (Å²) < 4.78 is 13.5. The summed E-state index contributed by atoms with van der Waals surface area (Å²) in [6.07, 6.45) is 0. The Bertz CT molecular complexity index is 2500. The van der Waals surface area contributed by atoms with Gasteiger partial charge in [-0.3, -0.25) is 0 Å². The zero-order valence-electron chi connectivity index (χ0n) is 51.1. The number of ether oxygens (including phenoxy) is 2. The molecule has 0 bridgehead atoms. The van der Waals surface area contributed by atoms with Crippen LogP contribution in [0.4, 0.5) is 0 Å². The summed E-state index contributed by atoms with van der Waals surface area (Å²) in [5, 5.41) is 7.89. The van der Waals surface area contributed by atoms with Gasteiger partial charge in [-0.05, 0) is 148 Å². The molecule has 0 atom stereocenters. The van der Waals surface area contributed by atoms with Crippen molar-refractivity contribution in [2.75, 3.05) is 14.2 Å². The lowest BCUT2D eigenvalue weighted by Crippen LogP contribution is -2.31. The van der Waals surface area contributed by atoms with Gasteiger partial charge in [0.25, 0.3) is 0 Å². The minimum Gasteiger partial charge on any atom is -0.496 e. The number of hydrogen-bond donors (Lipinski definition) is 0. The molecule has 0 saturated heterocycles. The van der Waals surface area contributed by atoms with Gasteiger partial charge in [-0.15, -0.1) is 0 Å². The smallest absolute Gasteiger partial charge is 0.127 e. The van der Waals surface area contributed by atoms with Crippen LogP contribution >= 0.6 is 15.8 Å². The van der Waals surface area contributed by atoms with E-state index < -0.39 is 15.8 Å². The maximum Gasteiger partial charge on any atom is 0.127 e. The van der Waals surface area contributed by atoms with E-state index in [0.29, 0.717) is 0 Å². The molecule has 0 radical (unpaired) electrons. The van der Waals surface area contributed by atoms with Crippen LogP contribution in [0, 0.1) is 0 Å². The minimum atomic E-state index is -1.23. The van der Waals surface area contributed by atoms with Crippen LogP contribution in [0.15, 0.2) is 109 Å². The van der Waals surface area contributed by atoms with Crippen molar-refractivity contribution in [2.24, 2.45) is 0 Å². The molecule has 0 spiro atoms. The summed E-state index contributed by atoms with van der Waals surface area (Å²) in [7, 11) is 1.23. The Morgan fingerprint density at radius 2 is 0.432 bits per heavy atom. The second-order valence-electron chi connectivity index (χ2n) is 29.5. The number of rotatable bonds is 9. The first-order chi connectivity index (χ1) is 33.6. The van der Waals surface area contributed by atoms with Crippen molar-refractivity contribution in [3.8, 4) is 22.6 Å². The first-order valence-electron chi connectivity index (χ1n) is 27.2. The lowest BCUT2D eigenvalue weighted by molar-refractivity contribution is 0.411. The molecular weight excluding hydrogens is 935 g/mol. The Kier molecular flexibility index (Phi) is 16.5. The van der Waals surface area contributed by atoms with Crippen molar-refractivity contribution in [2.45, 2.75) is 209 Å². The van der Waals surface area contributed by atoms with E-state index in [1.807, 2.05) is 14.2 Å². The maximum atomic E-state index is 6.74. The summed E-state index contributed by atoms with van der Waals surface area (Å²) in [5.74, 6) is 1.69. The van der Waals surface area contributed by atoms with Crippen LogP contribution in [0.3, 0.4) is 0 Å². The zero-order chi connectivity index (χ0) is 55.7. The zero-order valence-corrected chi connectivity index (χ0v) is 52.9. The first-order valence-corrected chi connectivity index (χ1v) is 29.9. The molecule has 0 amide bonds. The fourth-order valence-electron chi connectivity index (χ4n) is 9.53. The Morgan fingerprint density at radius 3 is 0.581 bits per heavy atom. The Labute approximate surface area is 454 Å². The van der Waals surface area contributed by atoms with Gasteiger partial charge in [0.15, 0.2) is 0 Å². The molecule has 0 aliphatic heterocycles. The highest BCUT2D eigenvalue weighted by Gasteiger charge is 2.35. The molecule has 398 valence electrons. The van der Waals surface area contributed by atoms with Crippen molar-refractivity contribution in [1.29, 1.82) is 0 Å². The van der Waals surface area contributed by atoms with Gasteiger partial charge in [0, 0.05) is 11.1 Å². The van der Waals surface area contributed by atoms with Crippen molar-refractivity contribution < 1.29 is 9.47 Å². The molecular formula is C70H96O2P2. The predicted octanol–water partition coefficient (Wildman–Crippen LogP) is 17.3. The molecule has 0 N–H and O–H groups in total. The highest BCUT2D eigenvalue weighted by Crippen LogP contribution is 2.50.